The predicted molar refractivity (Wildman–Crippen MR) is 82.1 cm³/mol. The van der Waals surface area contributed by atoms with Crippen molar-refractivity contribution in [2.75, 3.05) is 12.1 Å². The van der Waals surface area contributed by atoms with Gasteiger partial charge in [0.05, 0.1) is 19.0 Å². The molecule has 0 N–H and O–H groups in total. The number of rotatable bonds is 3. The molecule has 0 aliphatic carbocycles. The van der Waals surface area contributed by atoms with Crippen LogP contribution in [-0.2, 0) is 14.3 Å². The molecule has 0 fully saturated rings. The third-order valence-corrected chi connectivity index (χ3v) is 3.70. The first-order valence-corrected chi connectivity index (χ1v) is 7.12. The van der Waals surface area contributed by atoms with E-state index in [9.17, 15) is 9.59 Å². The fraction of sp³-hybridized carbons (Fsp3) is 0.200. The van der Waals surface area contributed by atoms with Gasteiger partial charge in [-0.25, -0.2) is 0 Å². The Balaban J connectivity index is 2.03. The van der Waals surface area contributed by atoms with Gasteiger partial charge < -0.3 is 9.26 Å². The van der Waals surface area contributed by atoms with Crippen molar-refractivity contribution in [3.63, 3.8) is 0 Å². The fourth-order valence-corrected chi connectivity index (χ4v) is 2.40. The number of aromatic nitrogens is 1. The van der Waals surface area contributed by atoms with Crippen LogP contribution in [0.4, 0.5) is 5.69 Å². The third-order valence-electron chi connectivity index (χ3n) is 3.45. The van der Waals surface area contributed by atoms with Gasteiger partial charge in [-0.3, -0.25) is 9.59 Å². The molecule has 118 valence electrons. The van der Waals surface area contributed by atoms with Crippen LogP contribution in [0, 0.1) is 5.92 Å². The molecule has 0 saturated heterocycles. The highest BCUT2D eigenvalue weighted by atomic mass is 35.5. The average Bonchev–Trinajstić information content (AvgIpc) is 3.09. The molecule has 0 radical (unpaired) electrons. The molecule has 1 unspecified atom stereocenters. The summed E-state index contributed by atoms with van der Waals surface area (Å²) in [5.41, 5.74) is 1.67. The first kappa shape index (κ1) is 15.2. The Kier molecular flexibility index (Phi) is 4.12. The molecule has 7 nitrogen and oxygen atoms in total. The molecule has 2 aromatic rings. The van der Waals surface area contributed by atoms with Crippen molar-refractivity contribution >= 4 is 34.9 Å². The number of anilines is 1. The second-order valence-corrected chi connectivity index (χ2v) is 5.30. The van der Waals surface area contributed by atoms with E-state index in [0.29, 0.717) is 16.4 Å². The van der Waals surface area contributed by atoms with Crippen molar-refractivity contribution in [2.24, 2.45) is 11.0 Å². The normalized spacial score (nSPS) is 17.8. The highest BCUT2D eigenvalue weighted by molar-refractivity contribution is 6.30. The number of nitrogens with zero attached hydrogens (tertiary/aromatic N) is 3. The van der Waals surface area contributed by atoms with Crippen molar-refractivity contribution in [2.45, 2.75) is 6.42 Å². The van der Waals surface area contributed by atoms with Crippen molar-refractivity contribution in [3.05, 3.63) is 47.3 Å². The minimum Gasteiger partial charge on any atom is -0.468 e. The van der Waals surface area contributed by atoms with E-state index in [4.69, 9.17) is 20.9 Å². The Morgan fingerprint density at radius 1 is 1.39 bits per heavy atom. The number of benzene rings is 1. The van der Waals surface area contributed by atoms with E-state index in [2.05, 4.69) is 10.3 Å². The van der Waals surface area contributed by atoms with Crippen LogP contribution in [-0.4, -0.2) is 29.9 Å². The van der Waals surface area contributed by atoms with Crippen molar-refractivity contribution < 1.29 is 18.8 Å². The lowest BCUT2D eigenvalue weighted by atomic mass is 9.95. The molecule has 3 rings (SSSR count). The number of carbonyl (C=O) groups excluding carboxylic acids is 2. The van der Waals surface area contributed by atoms with E-state index in [1.165, 1.54) is 19.6 Å². The van der Waals surface area contributed by atoms with Gasteiger partial charge in [0.2, 0.25) is 0 Å². The molecule has 8 heteroatoms. The van der Waals surface area contributed by atoms with Crippen LogP contribution >= 0.6 is 11.6 Å². The van der Waals surface area contributed by atoms with Gasteiger partial charge in [0, 0.05) is 11.4 Å². The first-order chi connectivity index (χ1) is 11.1. The van der Waals surface area contributed by atoms with E-state index >= 15 is 0 Å². The minimum absolute atomic E-state index is 0.148. The van der Waals surface area contributed by atoms with Gasteiger partial charge in [-0.1, -0.05) is 28.9 Å². The molecule has 1 atom stereocenters. The lowest BCUT2D eigenvalue weighted by Gasteiger charge is -2.27. The minimum atomic E-state index is -0.974. The van der Waals surface area contributed by atoms with Crippen LogP contribution in [0.1, 0.15) is 12.0 Å². The van der Waals surface area contributed by atoms with E-state index in [1.54, 1.807) is 24.3 Å². The smallest absolute Gasteiger partial charge is 0.318 e. The molecule has 1 aromatic carbocycles. The lowest BCUT2D eigenvalue weighted by Crippen LogP contribution is -2.42. The topological polar surface area (TPSA) is 85.0 Å². The monoisotopic (exact) mass is 333 g/mol. The molecule has 1 aliphatic heterocycles. The Morgan fingerprint density at radius 3 is 2.74 bits per heavy atom. The molecule has 0 spiro atoms. The van der Waals surface area contributed by atoms with Gasteiger partial charge in [0.1, 0.15) is 17.9 Å². The second-order valence-electron chi connectivity index (χ2n) is 4.87. The van der Waals surface area contributed by atoms with Gasteiger partial charge in [-0.15, -0.1) is 0 Å². The van der Waals surface area contributed by atoms with Crippen LogP contribution in [0.3, 0.4) is 0 Å². The number of carbonyl (C=O) groups is 2. The Morgan fingerprint density at radius 2 is 2.13 bits per heavy atom. The molecule has 1 aliphatic rings. The molecule has 0 bridgehead atoms. The summed E-state index contributed by atoms with van der Waals surface area (Å²) in [5.74, 6) is -2.08. The number of hydrazone groups is 1. The van der Waals surface area contributed by atoms with Gasteiger partial charge in [0.15, 0.2) is 0 Å². The Labute approximate surface area is 136 Å². The number of ether oxygens (including phenoxy) is 1. The summed E-state index contributed by atoms with van der Waals surface area (Å²) in [6.45, 7) is 0. The zero-order valence-electron chi connectivity index (χ0n) is 12.1. The van der Waals surface area contributed by atoms with Crippen molar-refractivity contribution in [1.29, 1.82) is 0 Å². The van der Waals surface area contributed by atoms with Gasteiger partial charge in [-0.05, 0) is 17.7 Å². The molecule has 23 heavy (non-hydrogen) atoms. The average molecular weight is 334 g/mol. The van der Waals surface area contributed by atoms with Crippen molar-refractivity contribution in [1.82, 2.24) is 5.16 Å². The molecule has 1 aromatic heterocycles. The number of hydrogen-bond acceptors (Lipinski definition) is 6. The fourth-order valence-electron chi connectivity index (χ4n) is 2.27. The highest BCUT2D eigenvalue weighted by Crippen LogP contribution is 2.26. The summed E-state index contributed by atoms with van der Waals surface area (Å²) < 4.78 is 9.48. The number of halogens is 1. The van der Waals surface area contributed by atoms with Gasteiger partial charge in [0.25, 0.3) is 5.91 Å². The standard InChI is InChI=1S/C15H12ClN3O4/c1-22-15(21)12-6-13(9-2-4-10(16)5-3-9)18-19(14(12)20)11-7-17-23-8-11/h2-5,7-8,12H,6H2,1H3. The van der Waals surface area contributed by atoms with Gasteiger partial charge >= 0.3 is 5.97 Å². The Hall–Kier alpha value is -2.67. The summed E-state index contributed by atoms with van der Waals surface area (Å²) in [4.78, 5) is 24.4. The molecule has 1 amide bonds. The van der Waals surface area contributed by atoms with Crippen LogP contribution in [0.25, 0.3) is 0 Å². The zero-order valence-corrected chi connectivity index (χ0v) is 12.9. The molecule has 2 heterocycles. The second kappa shape index (κ2) is 6.21. The summed E-state index contributed by atoms with van der Waals surface area (Å²) in [7, 11) is 1.24. The SMILES string of the molecule is COC(=O)C1CC(c2ccc(Cl)cc2)=NN(c2cnoc2)C1=O. The first-order valence-electron chi connectivity index (χ1n) is 6.74. The summed E-state index contributed by atoms with van der Waals surface area (Å²) in [6, 6.07) is 6.98. The molecular weight excluding hydrogens is 322 g/mol. The Bertz CT molecular complexity index is 756. The number of methoxy groups -OCH3 is 1. The van der Waals surface area contributed by atoms with E-state index < -0.39 is 17.8 Å². The van der Waals surface area contributed by atoms with E-state index in [-0.39, 0.29) is 6.42 Å². The number of amides is 1. The van der Waals surface area contributed by atoms with Crippen LogP contribution in [0.2, 0.25) is 5.02 Å². The van der Waals surface area contributed by atoms with Crippen LogP contribution < -0.4 is 5.01 Å². The summed E-state index contributed by atoms with van der Waals surface area (Å²) >= 11 is 5.89. The number of hydrogen-bond donors (Lipinski definition) is 0. The highest BCUT2D eigenvalue weighted by Gasteiger charge is 2.38. The number of esters is 1. The third kappa shape index (κ3) is 2.95. The largest absolute Gasteiger partial charge is 0.468 e. The molecular formula is C15H12ClN3O4. The van der Waals surface area contributed by atoms with E-state index in [1.807, 2.05) is 0 Å². The summed E-state index contributed by atoms with van der Waals surface area (Å²) in [6.07, 6.45) is 2.77. The summed E-state index contributed by atoms with van der Waals surface area (Å²) in [5, 5.41) is 9.57. The maximum Gasteiger partial charge on any atom is 0.318 e. The van der Waals surface area contributed by atoms with Crippen LogP contribution in [0.5, 0.6) is 0 Å². The van der Waals surface area contributed by atoms with Crippen molar-refractivity contribution in [3.8, 4) is 0 Å². The zero-order chi connectivity index (χ0) is 16.4. The van der Waals surface area contributed by atoms with Gasteiger partial charge in [-0.2, -0.15) is 10.1 Å². The predicted octanol–water partition coefficient (Wildman–Crippen LogP) is 2.26. The maximum atomic E-state index is 12.5. The quantitative estimate of drug-likeness (QED) is 0.635. The molecule has 0 saturated carbocycles. The van der Waals surface area contributed by atoms with Crippen LogP contribution in [0.15, 0.2) is 46.3 Å². The maximum absolute atomic E-state index is 12.5. The van der Waals surface area contributed by atoms with E-state index in [0.717, 1.165) is 10.6 Å². The lowest BCUT2D eigenvalue weighted by molar-refractivity contribution is -0.149.